The molecule has 0 fully saturated rings. The lowest BCUT2D eigenvalue weighted by molar-refractivity contribution is 0.296. The van der Waals surface area contributed by atoms with Gasteiger partial charge in [0, 0.05) is 11.2 Å². The lowest BCUT2D eigenvalue weighted by atomic mass is 10.2. The number of ether oxygens (including phenoxy) is 1. The first kappa shape index (κ1) is 12.0. The molecule has 2 aromatic rings. The Balaban J connectivity index is 2.07. The van der Waals surface area contributed by atoms with E-state index in [4.69, 9.17) is 33.7 Å². The number of anilines is 1. The summed E-state index contributed by atoms with van der Waals surface area (Å²) >= 11 is 11.6. The van der Waals surface area contributed by atoms with Crippen LogP contribution in [0.1, 0.15) is 5.56 Å². The van der Waals surface area contributed by atoms with Crippen LogP contribution in [0.4, 0.5) is 5.69 Å². The molecule has 0 unspecified atom stereocenters. The number of benzene rings is 1. The topological polar surface area (TPSA) is 48.1 Å². The fourth-order valence-corrected chi connectivity index (χ4v) is 1.72. The van der Waals surface area contributed by atoms with Crippen molar-refractivity contribution in [2.75, 3.05) is 5.73 Å². The smallest absolute Gasteiger partial charge is 0.237 e. The second-order valence-electron chi connectivity index (χ2n) is 3.47. The minimum Gasteiger partial charge on any atom is -0.471 e. The first-order valence-corrected chi connectivity index (χ1v) is 5.69. The van der Waals surface area contributed by atoms with Crippen LogP contribution in [0.25, 0.3) is 0 Å². The Hall–Kier alpha value is -1.45. The predicted octanol–water partition coefficient (Wildman–Crippen LogP) is 3.55. The van der Waals surface area contributed by atoms with Crippen molar-refractivity contribution in [3.63, 3.8) is 0 Å². The van der Waals surface area contributed by atoms with Gasteiger partial charge in [-0.05, 0) is 23.8 Å². The van der Waals surface area contributed by atoms with Crippen LogP contribution >= 0.6 is 23.2 Å². The van der Waals surface area contributed by atoms with Gasteiger partial charge in [0.05, 0.1) is 10.7 Å². The second-order valence-corrected chi connectivity index (χ2v) is 4.34. The Morgan fingerprint density at radius 1 is 1.18 bits per heavy atom. The van der Waals surface area contributed by atoms with E-state index in [1.807, 2.05) is 18.2 Å². The van der Waals surface area contributed by atoms with Crippen molar-refractivity contribution in [3.8, 4) is 5.88 Å². The maximum Gasteiger partial charge on any atom is 0.237 e. The Bertz CT molecular complexity index is 532. The van der Waals surface area contributed by atoms with Crippen molar-refractivity contribution in [1.82, 2.24) is 4.98 Å². The number of nitrogen functional groups attached to an aromatic ring is 1. The van der Waals surface area contributed by atoms with E-state index < -0.39 is 0 Å². The Kier molecular flexibility index (Phi) is 3.71. The van der Waals surface area contributed by atoms with Gasteiger partial charge in [0.2, 0.25) is 5.88 Å². The summed E-state index contributed by atoms with van der Waals surface area (Å²) in [5.74, 6) is 0.370. The number of nitrogens with two attached hydrogens (primary N) is 1. The molecule has 0 aliphatic heterocycles. The summed E-state index contributed by atoms with van der Waals surface area (Å²) in [6, 6.07) is 9.01. The number of hydrogen-bond acceptors (Lipinski definition) is 3. The van der Waals surface area contributed by atoms with Gasteiger partial charge in [-0.25, -0.2) is 4.98 Å². The molecule has 3 nitrogen and oxygen atoms in total. The molecule has 0 atom stereocenters. The third-order valence-corrected chi connectivity index (χ3v) is 2.55. The maximum atomic E-state index is 5.87. The standard InChI is InChI=1S/C12H10Cl2N2O/c13-9-3-1-2-8(4-9)7-17-12-11(15)5-10(14)6-16-12/h1-6H,7,15H2. The molecule has 17 heavy (non-hydrogen) atoms. The van der Waals surface area contributed by atoms with Gasteiger partial charge in [-0.3, -0.25) is 0 Å². The molecule has 0 aliphatic rings. The minimum absolute atomic E-state index is 0.361. The van der Waals surface area contributed by atoms with E-state index in [-0.39, 0.29) is 0 Å². The first-order valence-electron chi connectivity index (χ1n) is 4.93. The van der Waals surface area contributed by atoms with Crippen LogP contribution in [0.15, 0.2) is 36.5 Å². The van der Waals surface area contributed by atoms with Gasteiger partial charge in [-0.1, -0.05) is 35.3 Å². The predicted molar refractivity (Wildman–Crippen MR) is 69.4 cm³/mol. The van der Waals surface area contributed by atoms with E-state index in [1.54, 1.807) is 12.1 Å². The molecule has 2 rings (SSSR count). The van der Waals surface area contributed by atoms with E-state index in [9.17, 15) is 0 Å². The van der Waals surface area contributed by atoms with Gasteiger partial charge in [-0.2, -0.15) is 0 Å². The molecule has 0 spiro atoms. The highest BCUT2D eigenvalue weighted by atomic mass is 35.5. The molecule has 1 heterocycles. The summed E-state index contributed by atoms with van der Waals surface area (Å²) in [6.45, 7) is 0.361. The summed E-state index contributed by atoms with van der Waals surface area (Å²) in [7, 11) is 0. The van der Waals surface area contributed by atoms with Gasteiger partial charge in [-0.15, -0.1) is 0 Å². The number of nitrogens with zero attached hydrogens (tertiary/aromatic N) is 1. The maximum absolute atomic E-state index is 5.87. The summed E-state index contributed by atoms with van der Waals surface area (Å²) in [5.41, 5.74) is 7.09. The van der Waals surface area contributed by atoms with E-state index in [0.29, 0.717) is 28.2 Å². The zero-order valence-corrected chi connectivity index (χ0v) is 10.4. The highest BCUT2D eigenvalue weighted by Crippen LogP contribution is 2.22. The van der Waals surface area contributed by atoms with E-state index in [2.05, 4.69) is 4.98 Å². The van der Waals surface area contributed by atoms with Crippen LogP contribution in [-0.2, 0) is 6.61 Å². The number of pyridine rings is 1. The van der Waals surface area contributed by atoms with Crippen molar-refractivity contribution >= 4 is 28.9 Å². The summed E-state index contributed by atoms with van der Waals surface area (Å²) in [4.78, 5) is 4.00. The van der Waals surface area contributed by atoms with Gasteiger partial charge < -0.3 is 10.5 Å². The van der Waals surface area contributed by atoms with Crippen molar-refractivity contribution in [1.29, 1.82) is 0 Å². The molecule has 0 bridgehead atoms. The summed E-state index contributed by atoms with van der Waals surface area (Å²) < 4.78 is 5.48. The lowest BCUT2D eigenvalue weighted by Crippen LogP contribution is -2.00. The molecule has 0 aliphatic carbocycles. The average Bonchev–Trinajstić information content (AvgIpc) is 2.28. The van der Waals surface area contributed by atoms with Crippen LogP contribution in [0.5, 0.6) is 5.88 Å². The Morgan fingerprint density at radius 3 is 2.71 bits per heavy atom. The molecule has 2 N–H and O–H groups in total. The van der Waals surface area contributed by atoms with Gasteiger partial charge >= 0.3 is 0 Å². The van der Waals surface area contributed by atoms with E-state index in [1.165, 1.54) is 6.20 Å². The molecule has 5 heteroatoms. The first-order chi connectivity index (χ1) is 8.15. The Morgan fingerprint density at radius 2 is 2.00 bits per heavy atom. The van der Waals surface area contributed by atoms with Gasteiger partial charge in [0.15, 0.2) is 0 Å². The van der Waals surface area contributed by atoms with Crippen LogP contribution in [0, 0.1) is 0 Å². The molecular formula is C12H10Cl2N2O. The molecule has 0 amide bonds. The van der Waals surface area contributed by atoms with Gasteiger partial charge in [0.1, 0.15) is 6.61 Å². The molecule has 1 aromatic carbocycles. The van der Waals surface area contributed by atoms with Crippen LogP contribution in [0.3, 0.4) is 0 Å². The lowest BCUT2D eigenvalue weighted by Gasteiger charge is -2.07. The monoisotopic (exact) mass is 268 g/mol. The number of halogens is 2. The molecular weight excluding hydrogens is 259 g/mol. The average molecular weight is 269 g/mol. The molecule has 0 saturated heterocycles. The summed E-state index contributed by atoms with van der Waals surface area (Å²) in [6.07, 6.45) is 1.49. The van der Waals surface area contributed by atoms with Crippen LogP contribution in [0.2, 0.25) is 10.0 Å². The minimum atomic E-state index is 0.361. The van der Waals surface area contributed by atoms with Crippen molar-refractivity contribution in [3.05, 3.63) is 52.1 Å². The van der Waals surface area contributed by atoms with Crippen molar-refractivity contribution in [2.24, 2.45) is 0 Å². The number of rotatable bonds is 3. The van der Waals surface area contributed by atoms with Crippen LogP contribution in [-0.4, -0.2) is 4.98 Å². The Labute approximate surface area is 109 Å². The van der Waals surface area contributed by atoms with Crippen LogP contribution < -0.4 is 10.5 Å². The quantitative estimate of drug-likeness (QED) is 0.926. The largest absolute Gasteiger partial charge is 0.471 e. The highest BCUT2D eigenvalue weighted by molar-refractivity contribution is 6.31. The fraction of sp³-hybridized carbons (Fsp3) is 0.0833. The number of hydrogen-bond donors (Lipinski definition) is 1. The highest BCUT2D eigenvalue weighted by Gasteiger charge is 2.03. The van der Waals surface area contributed by atoms with Gasteiger partial charge in [0.25, 0.3) is 0 Å². The fourth-order valence-electron chi connectivity index (χ4n) is 1.34. The molecule has 0 radical (unpaired) electrons. The van der Waals surface area contributed by atoms with E-state index in [0.717, 1.165) is 5.56 Å². The zero-order chi connectivity index (χ0) is 12.3. The zero-order valence-electron chi connectivity index (χ0n) is 8.86. The third-order valence-electron chi connectivity index (χ3n) is 2.11. The SMILES string of the molecule is Nc1cc(Cl)cnc1OCc1cccc(Cl)c1. The molecule has 88 valence electrons. The summed E-state index contributed by atoms with van der Waals surface area (Å²) in [5, 5.41) is 1.15. The second kappa shape index (κ2) is 5.25. The molecule has 1 aromatic heterocycles. The molecule has 0 saturated carbocycles. The number of aromatic nitrogens is 1. The van der Waals surface area contributed by atoms with E-state index >= 15 is 0 Å². The normalized spacial score (nSPS) is 10.2. The van der Waals surface area contributed by atoms with Crippen molar-refractivity contribution in [2.45, 2.75) is 6.61 Å². The third kappa shape index (κ3) is 3.25. The van der Waals surface area contributed by atoms with Crippen molar-refractivity contribution < 1.29 is 4.74 Å².